The van der Waals surface area contributed by atoms with Gasteiger partial charge in [-0.1, -0.05) is 12.1 Å². The van der Waals surface area contributed by atoms with Crippen LogP contribution < -0.4 is 5.73 Å². The molecule has 0 saturated carbocycles. The molecule has 19 heavy (non-hydrogen) atoms. The summed E-state index contributed by atoms with van der Waals surface area (Å²) in [6, 6.07) is 9.43. The highest BCUT2D eigenvalue weighted by molar-refractivity contribution is 7.13. The molecule has 0 atom stereocenters. The number of carbonyl (C=O) groups excluding carboxylic acids is 1. The molecule has 1 heterocycles. The maximum absolute atomic E-state index is 12.1. The number of esters is 1. The predicted molar refractivity (Wildman–Crippen MR) is 79.3 cm³/mol. The molecule has 4 heteroatoms. The molecule has 0 aliphatic rings. The number of hydrogen-bond acceptors (Lipinski definition) is 4. The lowest BCUT2D eigenvalue weighted by molar-refractivity contribution is 0.00709. The number of nitrogens with two attached hydrogens (primary N) is 1. The summed E-state index contributed by atoms with van der Waals surface area (Å²) in [5.74, 6) is -0.386. The SMILES string of the molecule is CC(C)(C)OC(=O)c1cc(-c2cccs2)ccc1N. The molecule has 2 rings (SSSR count). The van der Waals surface area contributed by atoms with Crippen LogP contribution in [-0.4, -0.2) is 11.6 Å². The molecule has 0 spiro atoms. The van der Waals surface area contributed by atoms with Crippen molar-refractivity contribution in [2.45, 2.75) is 26.4 Å². The Kier molecular flexibility index (Phi) is 3.62. The molecular formula is C15H17NO2S. The molecular weight excluding hydrogens is 258 g/mol. The fourth-order valence-electron chi connectivity index (χ4n) is 1.66. The van der Waals surface area contributed by atoms with Crippen LogP contribution in [0.2, 0.25) is 0 Å². The Hall–Kier alpha value is -1.81. The van der Waals surface area contributed by atoms with Gasteiger partial charge < -0.3 is 10.5 Å². The Bertz CT molecular complexity index is 583. The third kappa shape index (κ3) is 3.35. The van der Waals surface area contributed by atoms with E-state index in [1.54, 1.807) is 23.5 Å². The van der Waals surface area contributed by atoms with Crippen molar-refractivity contribution in [2.24, 2.45) is 0 Å². The van der Waals surface area contributed by atoms with Gasteiger partial charge in [0.15, 0.2) is 0 Å². The molecule has 0 radical (unpaired) electrons. The van der Waals surface area contributed by atoms with Crippen LogP contribution >= 0.6 is 11.3 Å². The van der Waals surface area contributed by atoms with Crippen LogP contribution in [0, 0.1) is 0 Å². The quantitative estimate of drug-likeness (QED) is 0.667. The van der Waals surface area contributed by atoms with Gasteiger partial charge in [-0.05, 0) is 49.9 Å². The number of carbonyl (C=O) groups is 1. The van der Waals surface area contributed by atoms with E-state index >= 15 is 0 Å². The summed E-state index contributed by atoms with van der Waals surface area (Å²) in [5, 5.41) is 2.00. The second kappa shape index (κ2) is 5.05. The Morgan fingerprint density at radius 2 is 2.00 bits per heavy atom. The van der Waals surface area contributed by atoms with E-state index in [0.717, 1.165) is 10.4 Å². The van der Waals surface area contributed by atoms with E-state index < -0.39 is 5.60 Å². The number of nitrogen functional groups attached to an aromatic ring is 1. The number of ether oxygens (including phenoxy) is 1. The molecule has 1 aromatic heterocycles. The highest BCUT2D eigenvalue weighted by Gasteiger charge is 2.20. The first kappa shape index (κ1) is 13.6. The normalized spacial score (nSPS) is 11.3. The molecule has 0 saturated heterocycles. The van der Waals surface area contributed by atoms with Crippen LogP contribution in [0.4, 0.5) is 5.69 Å². The van der Waals surface area contributed by atoms with Crippen molar-refractivity contribution in [2.75, 3.05) is 5.73 Å². The Morgan fingerprint density at radius 1 is 1.26 bits per heavy atom. The predicted octanol–water partition coefficient (Wildman–Crippen LogP) is 3.95. The lowest BCUT2D eigenvalue weighted by atomic mass is 10.1. The Morgan fingerprint density at radius 3 is 2.58 bits per heavy atom. The number of thiophene rings is 1. The van der Waals surface area contributed by atoms with Gasteiger partial charge >= 0.3 is 5.97 Å². The summed E-state index contributed by atoms with van der Waals surface area (Å²) in [4.78, 5) is 13.2. The number of rotatable bonds is 2. The summed E-state index contributed by atoms with van der Waals surface area (Å²) < 4.78 is 5.36. The molecule has 0 bridgehead atoms. The van der Waals surface area contributed by atoms with Crippen LogP contribution in [0.1, 0.15) is 31.1 Å². The van der Waals surface area contributed by atoms with Gasteiger partial charge in [0, 0.05) is 10.6 Å². The molecule has 0 aliphatic heterocycles. The van der Waals surface area contributed by atoms with Gasteiger partial charge in [-0.25, -0.2) is 4.79 Å². The fraction of sp³-hybridized carbons (Fsp3) is 0.267. The van der Waals surface area contributed by atoms with E-state index in [-0.39, 0.29) is 5.97 Å². The minimum atomic E-state index is -0.525. The van der Waals surface area contributed by atoms with Gasteiger partial charge in [0.1, 0.15) is 5.60 Å². The largest absolute Gasteiger partial charge is 0.456 e. The summed E-state index contributed by atoms with van der Waals surface area (Å²) >= 11 is 1.62. The molecule has 0 amide bonds. The van der Waals surface area contributed by atoms with E-state index in [9.17, 15) is 4.79 Å². The number of anilines is 1. The summed E-state index contributed by atoms with van der Waals surface area (Å²) in [7, 11) is 0. The van der Waals surface area contributed by atoms with Crippen molar-refractivity contribution in [1.29, 1.82) is 0 Å². The zero-order chi connectivity index (χ0) is 14.0. The van der Waals surface area contributed by atoms with Gasteiger partial charge in [0.05, 0.1) is 5.56 Å². The zero-order valence-corrected chi connectivity index (χ0v) is 12.1. The van der Waals surface area contributed by atoms with Crippen molar-refractivity contribution < 1.29 is 9.53 Å². The van der Waals surface area contributed by atoms with Crippen molar-refractivity contribution in [3.05, 3.63) is 41.3 Å². The molecule has 0 aliphatic carbocycles. The molecule has 1 aromatic carbocycles. The van der Waals surface area contributed by atoms with E-state index in [1.807, 2.05) is 44.4 Å². The smallest absolute Gasteiger partial charge is 0.340 e. The first-order valence-electron chi connectivity index (χ1n) is 6.03. The van der Waals surface area contributed by atoms with Crippen molar-refractivity contribution >= 4 is 23.0 Å². The molecule has 0 unspecified atom stereocenters. The third-order valence-electron chi connectivity index (χ3n) is 2.48. The van der Waals surface area contributed by atoms with Crippen LogP contribution in [-0.2, 0) is 4.74 Å². The minimum Gasteiger partial charge on any atom is -0.456 e. The van der Waals surface area contributed by atoms with Crippen LogP contribution in [0.5, 0.6) is 0 Å². The lowest BCUT2D eigenvalue weighted by Gasteiger charge is -2.20. The third-order valence-corrected chi connectivity index (χ3v) is 3.40. The maximum Gasteiger partial charge on any atom is 0.340 e. The van der Waals surface area contributed by atoms with Gasteiger partial charge in [0.25, 0.3) is 0 Å². The highest BCUT2D eigenvalue weighted by atomic mass is 32.1. The lowest BCUT2D eigenvalue weighted by Crippen LogP contribution is -2.24. The molecule has 3 nitrogen and oxygen atoms in total. The van der Waals surface area contributed by atoms with Crippen LogP contribution in [0.15, 0.2) is 35.7 Å². The second-order valence-corrected chi connectivity index (χ2v) is 6.23. The summed E-state index contributed by atoms with van der Waals surface area (Å²) in [5.41, 5.74) is 7.17. The maximum atomic E-state index is 12.1. The van der Waals surface area contributed by atoms with Crippen LogP contribution in [0.25, 0.3) is 10.4 Å². The average Bonchev–Trinajstić information content (AvgIpc) is 2.80. The molecule has 2 N–H and O–H groups in total. The fourth-order valence-corrected chi connectivity index (χ4v) is 2.39. The molecule has 0 fully saturated rings. The highest BCUT2D eigenvalue weighted by Crippen LogP contribution is 2.28. The summed E-state index contributed by atoms with van der Waals surface area (Å²) in [6.07, 6.45) is 0. The average molecular weight is 275 g/mol. The zero-order valence-electron chi connectivity index (χ0n) is 11.3. The summed E-state index contributed by atoms with van der Waals surface area (Å²) in [6.45, 7) is 5.51. The Labute approximate surface area is 117 Å². The van der Waals surface area contributed by atoms with Gasteiger partial charge in [-0.2, -0.15) is 0 Å². The van der Waals surface area contributed by atoms with E-state index in [0.29, 0.717) is 11.3 Å². The number of benzene rings is 1. The minimum absolute atomic E-state index is 0.386. The first-order chi connectivity index (χ1) is 8.87. The molecule has 100 valence electrons. The topological polar surface area (TPSA) is 52.3 Å². The number of hydrogen-bond donors (Lipinski definition) is 1. The van der Waals surface area contributed by atoms with Crippen molar-refractivity contribution in [3.8, 4) is 10.4 Å². The van der Waals surface area contributed by atoms with Gasteiger partial charge in [-0.15, -0.1) is 11.3 Å². The van der Waals surface area contributed by atoms with Crippen LogP contribution in [0.3, 0.4) is 0 Å². The molecule has 2 aromatic rings. The standard InChI is InChI=1S/C15H17NO2S/c1-15(2,3)18-14(17)11-9-10(6-7-12(11)16)13-5-4-8-19-13/h4-9H,16H2,1-3H3. The van der Waals surface area contributed by atoms with E-state index in [4.69, 9.17) is 10.5 Å². The van der Waals surface area contributed by atoms with E-state index in [2.05, 4.69) is 0 Å². The van der Waals surface area contributed by atoms with Gasteiger partial charge in [-0.3, -0.25) is 0 Å². The monoisotopic (exact) mass is 275 g/mol. The van der Waals surface area contributed by atoms with Gasteiger partial charge in [0.2, 0.25) is 0 Å². The van der Waals surface area contributed by atoms with Crippen molar-refractivity contribution in [1.82, 2.24) is 0 Å². The second-order valence-electron chi connectivity index (χ2n) is 5.28. The first-order valence-corrected chi connectivity index (χ1v) is 6.91. The van der Waals surface area contributed by atoms with Crippen molar-refractivity contribution in [3.63, 3.8) is 0 Å². The van der Waals surface area contributed by atoms with E-state index in [1.165, 1.54) is 0 Å². The Balaban J connectivity index is 2.35.